The van der Waals surface area contributed by atoms with Gasteiger partial charge in [-0.15, -0.1) is 0 Å². The van der Waals surface area contributed by atoms with E-state index in [0.717, 1.165) is 22.5 Å². The molecule has 1 unspecified atom stereocenters. The van der Waals surface area contributed by atoms with Crippen LogP contribution in [0.4, 0.5) is 5.95 Å². The lowest BCUT2D eigenvalue weighted by Gasteiger charge is -2.09. The van der Waals surface area contributed by atoms with Gasteiger partial charge in [-0.3, -0.25) is 9.19 Å². The number of hydrogen-bond acceptors (Lipinski definition) is 7. The van der Waals surface area contributed by atoms with Gasteiger partial charge in [0.2, 0.25) is 5.95 Å². The monoisotopic (exact) mass is 343 g/mol. The zero-order chi connectivity index (χ0) is 16.9. The lowest BCUT2D eigenvalue weighted by atomic mass is 10.1. The largest absolute Gasteiger partial charge is 0.356 e. The maximum absolute atomic E-state index is 11.2. The molecule has 0 spiro atoms. The summed E-state index contributed by atoms with van der Waals surface area (Å²) in [4.78, 5) is 13.0. The highest BCUT2D eigenvalue weighted by Gasteiger charge is 2.15. The summed E-state index contributed by atoms with van der Waals surface area (Å²) in [6, 6.07) is 5.59. The van der Waals surface area contributed by atoms with Crippen molar-refractivity contribution in [3.63, 3.8) is 0 Å². The van der Waals surface area contributed by atoms with Crippen LogP contribution in [0.1, 0.15) is 5.69 Å². The SMILES string of the molecule is Cc1cc(-c2cnc(NCCS(C)=O)nc2-c2ccncc2)on1. The molecular formula is C16H17N5O2S. The first kappa shape index (κ1) is 16.3. The van der Waals surface area contributed by atoms with Gasteiger partial charge in [-0.25, -0.2) is 9.97 Å². The van der Waals surface area contributed by atoms with Crippen LogP contribution in [-0.2, 0) is 10.8 Å². The second-order valence-electron chi connectivity index (χ2n) is 5.23. The molecule has 0 aliphatic rings. The first-order chi connectivity index (χ1) is 11.6. The number of aryl methyl sites for hydroxylation is 1. The predicted molar refractivity (Wildman–Crippen MR) is 92.9 cm³/mol. The van der Waals surface area contributed by atoms with Crippen LogP contribution in [0.5, 0.6) is 0 Å². The molecule has 3 aromatic rings. The Morgan fingerprint density at radius 2 is 2.08 bits per heavy atom. The Kier molecular flexibility index (Phi) is 4.95. The second-order valence-corrected chi connectivity index (χ2v) is 6.78. The van der Waals surface area contributed by atoms with Crippen molar-refractivity contribution in [3.8, 4) is 22.6 Å². The summed E-state index contributed by atoms with van der Waals surface area (Å²) < 4.78 is 16.5. The normalized spacial score (nSPS) is 12.1. The minimum atomic E-state index is -0.861. The third-order valence-electron chi connectivity index (χ3n) is 3.31. The van der Waals surface area contributed by atoms with Crippen LogP contribution >= 0.6 is 0 Å². The Bertz CT molecular complexity index is 851. The van der Waals surface area contributed by atoms with Gasteiger partial charge in [0.15, 0.2) is 5.76 Å². The third-order valence-corrected chi connectivity index (χ3v) is 4.09. The molecule has 0 amide bonds. The van der Waals surface area contributed by atoms with Crippen LogP contribution in [0.3, 0.4) is 0 Å². The average Bonchev–Trinajstić information content (AvgIpc) is 3.01. The molecule has 0 aromatic carbocycles. The standard InChI is InChI=1S/C16H17N5O2S/c1-11-9-14(23-21-11)13-10-19-16(18-7-8-24(2)22)20-15(13)12-3-5-17-6-4-12/h3-6,9-10H,7-8H2,1-2H3,(H,18,19,20). The van der Waals surface area contributed by atoms with Crippen LogP contribution < -0.4 is 5.32 Å². The average molecular weight is 343 g/mol. The Morgan fingerprint density at radius 1 is 1.29 bits per heavy atom. The van der Waals surface area contributed by atoms with Crippen LogP contribution in [0.15, 0.2) is 41.3 Å². The number of nitrogens with zero attached hydrogens (tertiary/aromatic N) is 4. The molecule has 8 heteroatoms. The number of hydrogen-bond donors (Lipinski definition) is 1. The lowest BCUT2D eigenvalue weighted by molar-refractivity contribution is 0.427. The van der Waals surface area contributed by atoms with Crippen molar-refractivity contribution in [3.05, 3.63) is 42.5 Å². The summed E-state index contributed by atoms with van der Waals surface area (Å²) in [6.45, 7) is 2.40. The topological polar surface area (TPSA) is 93.8 Å². The third kappa shape index (κ3) is 3.83. The van der Waals surface area contributed by atoms with Gasteiger partial charge < -0.3 is 9.84 Å². The van der Waals surface area contributed by atoms with Gasteiger partial charge in [-0.05, 0) is 19.1 Å². The van der Waals surface area contributed by atoms with E-state index < -0.39 is 10.8 Å². The van der Waals surface area contributed by atoms with E-state index in [1.54, 1.807) is 24.8 Å². The molecule has 0 saturated heterocycles. The van der Waals surface area contributed by atoms with E-state index >= 15 is 0 Å². The molecular weight excluding hydrogens is 326 g/mol. The maximum Gasteiger partial charge on any atom is 0.223 e. The maximum atomic E-state index is 11.2. The molecule has 0 fully saturated rings. The van der Waals surface area contributed by atoms with Crippen molar-refractivity contribution in [1.29, 1.82) is 0 Å². The van der Waals surface area contributed by atoms with Crippen molar-refractivity contribution in [2.45, 2.75) is 6.92 Å². The van der Waals surface area contributed by atoms with Gasteiger partial charge in [-0.2, -0.15) is 0 Å². The quantitative estimate of drug-likeness (QED) is 0.734. The highest BCUT2D eigenvalue weighted by molar-refractivity contribution is 7.84. The van der Waals surface area contributed by atoms with Crippen molar-refractivity contribution in [2.75, 3.05) is 23.9 Å². The van der Waals surface area contributed by atoms with Crippen molar-refractivity contribution in [2.24, 2.45) is 0 Å². The first-order valence-electron chi connectivity index (χ1n) is 7.38. The van der Waals surface area contributed by atoms with Crippen LogP contribution in [0.2, 0.25) is 0 Å². The van der Waals surface area contributed by atoms with Gasteiger partial charge in [0.25, 0.3) is 0 Å². The summed E-state index contributed by atoms with van der Waals surface area (Å²) in [6.07, 6.45) is 6.79. The number of aromatic nitrogens is 4. The van der Waals surface area contributed by atoms with E-state index in [0.29, 0.717) is 24.0 Å². The van der Waals surface area contributed by atoms with Crippen LogP contribution in [0, 0.1) is 6.92 Å². The van der Waals surface area contributed by atoms with Crippen LogP contribution in [-0.4, -0.2) is 42.9 Å². The molecule has 124 valence electrons. The Balaban J connectivity index is 1.98. The van der Waals surface area contributed by atoms with Crippen molar-refractivity contribution >= 4 is 16.7 Å². The summed E-state index contributed by atoms with van der Waals surface area (Å²) in [7, 11) is -0.861. The molecule has 0 aliphatic heterocycles. The van der Waals surface area contributed by atoms with Gasteiger partial charge in [-0.1, -0.05) is 5.16 Å². The van der Waals surface area contributed by atoms with Crippen molar-refractivity contribution < 1.29 is 8.73 Å². The highest BCUT2D eigenvalue weighted by atomic mass is 32.2. The minimum Gasteiger partial charge on any atom is -0.356 e. The summed E-state index contributed by atoms with van der Waals surface area (Å²) in [5, 5.41) is 7.02. The number of nitrogens with one attached hydrogen (secondary N) is 1. The van der Waals surface area contributed by atoms with E-state index in [2.05, 4.69) is 25.4 Å². The second kappa shape index (κ2) is 7.31. The molecule has 0 saturated carbocycles. The van der Waals surface area contributed by atoms with Gasteiger partial charge in [0.05, 0.1) is 17.0 Å². The minimum absolute atomic E-state index is 0.479. The molecule has 3 aromatic heterocycles. The van der Waals surface area contributed by atoms with E-state index in [1.807, 2.05) is 25.1 Å². The predicted octanol–water partition coefficient (Wildman–Crippen LogP) is 2.29. The van der Waals surface area contributed by atoms with E-state index in [9.17, 15) is 4.21 Å². The number of pyridine rings is 1. The number of anilines is 1. The summed E-state index contributed by atoms with van der Waals surface area (Å²) in [5.41, 5.74) is 3.17. The highest BCUT2D eigenvalue weighted by Crippen LogP contribution is 2.30. The molecule has 24 heavy (non-hydrogen) atoms. The lowest BCUT2D eigenvalue weighted by Crippen LogP contribution is -2.12. The zero-order valence-corrected chi connectivity index (χ0v) is 14.2. The fraction of sp³-hybridized carbons (Fsp3) is 0.250. The van der Waals surface area contributed by atoms with Gasteiger partial charge in [0, 0.05) is 59.6 Å². The molecule has 0 bridgehead atoms. The fourth-order valence-electron chi connectivity index (χ4n) is 2.17. The van der Waals surface area contributed by atoms with E-state index in [4.69, 9.17) is 4.52 Å². The van der Waals surface area contributed by atoms with E-state index in [-0.39, 0.29) is 0 Å². The van der Waals surface area contributed by atoms with Crippen LogP contribution in [0.25, 0.3) is 22.6 Å². The Hall–Kier alpha value is -2.61. The summed E-state index contributed by atoms with van der Waals surface area (Å²) in [5.74, 6) is 1.63. The molecule has 1 N–H and O–H groups in total. The smallest absolute Gasteiger partial charge is 0.223 e. The van der Waals surface area contributed by atoms with Gasteiger partial charge in [0.1, 0.15) is 0 Å². The molecule has 0 aliphatic carbocycles. The van der Waals surface area contributed by atoms with Crippen molar-refractivity contribution in [1.82, 2.24) is 20.1 Å². The summed E-state index contributed by atoms with van der Waals surface area (Å²) >= 11 is 0. The molecule has 3 rings (SSSR count). The number of rotatable bonds is 6. The molecule has 7 nitrogen and oxygen atoms in total. The first-order valence-corrected chi connectivity index (χ1v) is 9.11. The van der Waals surface area contributed by atoms with Gasteiger partial charge >= 0.3 is 0 Å². The fourth-order valence-corrected chi connectivity index (χ4v) is 2.56. The molecule has 3 heterocycles. The Morgan fingerprint density at radius 3 is 2.75 bits per heavy atom. The molecule has 0 radical (unpaired) electrons. The van der Waals surface area contributed by atoms with E-state index in [1.165, 1.54) is 0 Å². The zero-order valence-electron chi connectivity index (χ0n) is 13.4. The molecule has 1 atom stereocenters. The Labute approximate surface area is 142 Å².